The molecule has 0 aliphatic rings. The van der Waals surface area contributed by atoms with Gasteiger partial charge in [-0.05, 0) is 30.2 Å². The van der Waals surface area contributed by atoms with E-state index in [2.05, 4.69) is 5.32 Å². The highest BCUT2D eigenvalue weighted by molar-refractivity contribution is 7.90. The van der Waals surface area contributed by atoms with Crippen LogP contribution in [0, 0.1) is 10.1 Å². The van der Waals surface area contributed by atoms with Crippen molar-refractivity contribution in [2.45, 2.75) is 11.3 Å². The highest BCUT2D eigenvalue weighted by atomic mass is 35.5. The third-order valence-corrected chi connectivity index (χ3v) is 4.75. The van der Waals surface area contributed by atoms with Crippen LogP contribution in [0.1, 0.15) is 5.56 Å². The molecule has 0 amide bonds. The number of benzene rings is 2. The zero-order valence-electron chi connectivity index (χ0n) is 12.3. The topological polar surface area (TPSA) is 89.3 Å². The fourth-order valence-corrected chi connectivity index (χ4v) is 3.28. The molecule has 0 spiro atoms. The molecule has 0 aromatic heterocycles. The summed E-state index contributed by atoms with van der Waals surface area (Å²) >= 11 is 6.06. The van der Waals surface area contributed by atoms with E-state index < -0.39 is 20.4 Å². The van der Waals surface area contributed by atoms with Crippen molar-refractivity contribution in [3.8, 4) is 0 Å². The molecule has 0 saturated carbocycles. The molecule has 0 heterocycles. The Balaban J connectivity index is 2.24. The first-order valence-corrected chi connectivity index (χ1v) is 9.02. The van der Waals surface area contributed by atoms with Crippen LogP contribution in [0.2, 0.25) is 5.02 Å². The molecule has 0 aliphatic heterocycles. The van der Waals surface area contributed by atoms with Crippen molar-refractivity contribution < 1.29 is 13.3 Å². The van der Waals surface area contributed by atoms with Gasteiger partial charge in [-0.25, -0.2) is 8.42 Å². The minimum absolute atomic E-state index is 0.171. The van der Waals surface area contributed by atoms with Crippen molar-refractivity contribution in [1.29, 1.82) is 0 Å². The van der Waals surface area contributed by atoms with E-state index in [1.165, 1.54) is 18.2 Å². The standard InChI is InChI=1S/C15H15ClN2O4S/c1-23(21,22)14-8-4-7-13(15(14)18(19)20)17-10-9-11-5-2-3-6-12(11)16/h2-8,17H,9-10H2,1H3. The van der Waals surface area contributed by atoms with Crippen molar-refractivity contribution in [3.63, 3.8) is 0 Å². The summed E-state index contributed by atoms with van der Waals surface area (Å²) in [5.74, 6) is 0. The second-order valence-corrected chi connectivity index (χ2v) is 7.34. The lowest BCUT2D eigenvalue weighted by Crippen LogP contribution is -2.10. The van der Waals surface area contributed by atoms with E-state index in [1.54, 1.807) is 6.07 Å². The summed E-state index contributed by atoms with van der Waals surface area (Å²) in [5, 5.41) is 14.8. The van der Waals surface area contributed by atoms with Gasteiger partial charge >= 0.3 is 5.69 Å². The van der Waals surface area contributed by atoms with Gasteiger partial charge in [0.15, 0.2) is 9.84 Å². The first-order chi connectivity index (χ1) is 10.8. The van der Waals surface area contributed by atoms with Gasteiger partial charge in [-0.2, -0.15) is 0 Å². The summed E-state index contributed by atoms with van der Waals surface area (Å²) in [6.45, 7) is 0.387. The molecule has 0 unspecified atom stereocenters. The molecule has 0 bridgehead atoms. The molecule has 0 radical (unpaired) electrons. The quantitative estimate of drug-likeness (QED) is 0.635. The number of nitro benzene ring substituents is 1. The van der Waals surface area contributed by atoms with Gasteiger partial charge in [0.25, 0.3) is 0 Å². The minimum Gasteiger partial charge on any atom is -0.379 e. The molecule has 0 saturated heterocycles. The third kappa shape index (κ3) is 4.20. The fourth-order valence-electron chi connectivity index (χ4n) is 2.19. The van der Waals surface area contributed by atoms with E-state index in [4.69, 9.17) is 11.6 Å². The Kier molecular flexibility index (Phi) is 5.23. The van der Waals surface area contributed by atoms with Crippen molar-refractivity contribution >= 4 is 32.8 Å². The van der Waals surface area contributed by atoms with Crippen molar-refractivity contribution in [3.05, 3.63) is 63.2 Å². The summed E-state index contributed by atoms with van der Waals surface area (Å²) in [5.41, 5.74) is 0.641. The fraction of sp³-hybridized carbons (Fsp3) is 0.200. The number of para-hydroxylation sites is 1. The van der Waals surface area contributed by atoms with Crippen LogP contribution < -0.4 is 5.32 Å². The molecule has 2 aromatic rings. The molecule has 2 aromatic carbocycles. The monoisotopic (exact) mass is 354 g/mol. The molecule has 122 valence electrons. The Labute approximate surface area is 139 Å². The maximum Gasteiger partial charge on any atom is 0.310 e. The van der Waals surface area contributed by atoms with Gasteiger partial charge in [0.1, 0.15) is 10.6 Å². The number of hydrogen-bond acceptors (Lipinski definition) is 5. The van der Waals surface area contributed by atoms with Gasteiger partial charge in [-0.15, -0.1) is 0 Å². The SMILES string of the molecule is CS(=O)(=O)c1cccc(NCCc2ccccc2Cl)c1[N+](=O)[O-]. The first-order valence-electron chi connectivity index (χ1n) is 6.75. The van der Waals surface area contributed by atoms with E-state index in [0.29, 0.717) is 18.0 Å². The third-order valence-electron chi connectivity index (χ3n) is 3.25. The number of nitrogens with one attached hydrogen (secondary N) is 1. The number of rotatable bonds is 6. The predicted molar refractivity (Wildman–Crippen MR) is 89.9 cm³/mol. The van der Waals surface area contributed by atoms with Crippen LogP contribution in [0.5, 0.6) is 0 Å². The van der Waals surface area contributed by atoms with Crippen LogP contribution in [0.4, 0.5) is 11.4 Å². The lowest BCUT2D eigenvalue weighted by molar-refractivity contribution is -0.386. The number of nitro groups is 1. The number of sulfone groups is 1. The van der Waals surface area contributed by atoms with Crippen LogP contribution in [-0.2, 0) is 16.3 Å². The van der Waals surface area contributed by atoms with Crippen molar-refractivity contribution in [2.75, 3.05) is 18.1 Å². The van der Waals surface area contributed by atoms with E-state index in [-0.39, 0.29) is 10.6 Å². The molecule has 2 rings (SSSR count). The van der Waals surface area contributed by atoms with E-state index in [0.717, 1.165) is 11.8 Å². The van der Waals surface area contributed by atoms with Crippen LogP contribution in [0.25, 0.3) is 0 Å². The van der Waals surface area contributed by atoms with Gasteiger partial charge in [-0.1, -0.05) is 35.9 Å². The van der Waals surface area contributed by atoms with Crippen molar-refractivity contribution in [2.24, 2.45) is 0 Å². The molecular weight excluding hydrogens is 340 g/mol. The Morgan fingerprint density at radius 3 is 2.48 bits per heavy atom. The zero-order chi connectivity index (χ0) is 17.0. The number of anilines is 1. The van der Waals surface area contributed by atoms with E-state index >= 15 is 0 Å². The summed E-state index contributed by atoms with van der Waals surface area (Å²) in [7, 11) is -3.69. The molecule has 1 N–H and O–H groups in total. The summed E-state index contributed by atoms with van der Waals surface area (Å²) in [6.07, 6.45) is 1.50. The molecule has 0 aliphatic carbocycles. The maximum atomic E-state index is 11.7. The van der Waals surface area contributed by atoms with Gasteiger partial charge in [-0.3, -0.25) is 10.1 Å². The molecule has 0 fully saturated rings. The smallest absolute Gasteiger partial charge is 0.310 e. The van der Waals surface area contributed by atoms with Crippen LogP contribution >= 0.6 is 11.6 Å². The number of nitrogens with zero attached hydrogens (tertiary/aromatic N) is 1. The van der Waals surface area contributed by atoms with Crippen LogP contribution in [-0.4, -0.2) is 26.1 Å². The van der Waals surface area contributed by atoms with Gasteiger partial charge < -0.3 is 5.32 Å². The largest absolute Gasteiger partial charge is 0.379 e. The molecule has 23 heavy (non-hydrogen) atoms. The summed E-state index contributed by atoms with van der Waals surface area (Å²) < 4.78 is 23.4. The lowest BCUT2D eigenvalue weighted by atomic mass is 10.1. The summed E-state index contributed by atoms with van der Waals surface area (Å²) in [6, 6.07) is 11.5. The Hall–Kier alpha value is -2.12. The molecule has 6 nitrogen and oxygen atoms in total. The van der Waals surface area contributed by atoms with Crippen LogP contribution in [0.15, 0.2) is 47.4 Å². The number of halogens is 1. The molecule has 8 heteroatoms. The molecule has 0 atom stereocenters. The first kappa shape index (κ1) is 17.2. The maximum absolute atomic E-state index is 11.7. The van der Waals surface area contributed by atoms with Crippen molar-refractivity contribution in [1.82, 2.24) is 0 Å². The second-order valence-electron chi connectivity index (χ2n) is 4.95. The van der Waals surface area contributed by atoms with E-state index in [1.807, 2.05) is 18.2 Å². The Bertz CT molecular complexity index is 837. The molecular formula is C15H15ClN2O4S. The number of hydrogen-bond donors (Lipinski definition) is 1. The highest BCUT2D eigenvalue weighted by Gasteiger charge is 2.25. The summed E-state index contributed by atoms with van der Waals surface area (Å²) in [4.78, 5) is 10.3. The van der Waals surface area contributed by atoms with Crippen LogP contribution in [0.3, 0.4) is 0 Å². The highest BCUT2D eigenvalue weighted by Crippen LogP contribution is 2.31. The minimum atomic E-state index is -3.69. The predicted octanol–water partition coefficient (Wildman–Crippen LogP) is 3.31. The van der Waals surface area contributed by atoms with E-state index in [9.17, 15) is 18.5 Å². The average Bonchev–Trinajstić information content (AvgIpc) is 2.48. The zero-order valence-corrected chi connectivity index (χ0v) is 13.9. The van der Waals surface area contributed by atoms with Gasteiger partial charge in [0.05, 0.1) is 4.92 Å². The van der Waals surface area contributed by atoms with Gasteiger partial charge in [0, 0.05) is 17.8 Å². The average molecular weight is 355 g/mol. The second kappa shape index (κ2) is 6.97. The normalized spacial score (nSPS) is 11.2. The Morgan fingerprint density at radius 2 is 1.87 bits per heavy atom. The van der Waals surface area contributed by atoms with Gasteiger partial charge in [0.2, 0.25) is 0 Å². The Morgan fingerprint density at radius 1 is 1.17 bits per heavy atom. The lowest BCUT2D eigenvalue weighted by Gasteiger charge is -2.10.